The van der Waals surface area contributed by atoms with Gasteiger partial charge in [-0.3, -0.25) is 0 Å². The predicted octanol–water partition coefficient (Wildman–Crippen LogP) is 2.09. The summed E-state index contributed by atoms with van der Waals surface area (Å²) in [6.07, 6.45) is 4.92. The van der Waals surface area contributed by atoms with Crippen molar-refractivity contribution < 1.29 is 0 Å². The molecule has 16 heavy (non-hydrogen) atoms. The third-order valence-electron chi connectivity index (χ3n) is 2.55. The van der Waals surface area contributed by atoms with Gasteiger partial charge in [-0.05, 0) is 26.5 Å². The lowest BCUT2D eigenvalue weighted by Gasteiger charge is -2.16. The van der Waals surface area contributed by atoms with E-state index in [-0.39, 0.29) is 0 Å². The Morgan fingerprint density at radius 2 is 2.25 bits per heavy atom. The molecule has 0 aromatic carbocycles. The number of aromatic nitrogens is 3. The molecule has 1 aromatic heterocycles. The molecule has 0 saturated carbocycles. The van der Waals surface area contributed by atoms with Gasteiger partial charge in [0.25, 0.3) is 0 Å². The van der Waals surface area contributed by atoms with Crippen molar-refractivity contribution in [1.82, 2.24) is 20.1 Å². The van der Waals surface area contributed by atoms with E-state index < -0.39 is 0 Å². The molecule has 4 nitrogen and oxygen atoms in total. The smallest absolute Gasteiger partial charge is 0.141 e. The van der Waals surface area contributed by atoms with Crippen LogP contribution in [0.25, 0.3) is 0 Å². The van der Waals surface area contributed by atoms with Crippen LogP contribution in [-0.4, -0.2) is 32.8 Å². The van der Waals surface area contributed by atoms with Gasteiger partial charge >= 0.3 is 0 Å². The zero-order valence-corrected chi connectivity index (χ0v) is 11.4. The second kappa shape index (κ2) is 6.91. The second-order valence-electron chi connectivity index (χ2n) is 4.16. The van der Waals surface area contributed by atoms with E-state index in [4.69, 9.17) is 0 Å². The average molecular weight is 242 g/mol. The van der Waals surface area contributed by atoms with Crippen molar-refractivity contribution in [1.29, 1.82) is 0 Å². The highest BCUT2D eigenvalue weighted by Crippen LogP contribution is 2.06. The van der Waals surface area contributed by atoms with Gasteiger partial charge in [0.15, 0.2) is 0 Å². The van der Waals surface area contributed by atoms with Crippen molar-refractivity contribution in [2.45, 2.75) is 45.8 Å². The molecule has 0 saturated heterocycles. The maximum absolute atomic E-state index is 4.29. The van der Waals surface area contributed by atoms with Crippen LogP contribution in [-0.2, 0) is 6.54 Å². The van der Waals surface area contributed by atoms with Crippen LogP contribution in [0.1, 0.15) is 39.1 Å². The molecule has 1 rings (SSSR count). The summed E-state index contributed by atoms with van der Waals surface area (Å²) < 4.78 is 1.97. The van der Waals surface area contributed by atoms with E-state index in [0.29, 0.717) is 12.1 Å². The second-order valence-corrected chi connectivity index (χ2v) is 5.07. The van der Waals surface area contributed by atoms with Crippen LogP contribution in [0.2, 0.25) is 0 Å². The van der Waals surface area contributed by atoms with Crippen LogP contribution in [0.5, 0.6) is 0 Å². The van der Waals surface area contributed by atoms with Crippen LogP contribution < -0.4 is 5.32 Å². The standard InChI is InChI=1S/C11H22N4S/c1-5-10(7-16-4)12-6-11-13-8-14-15(11)9(2)3/h8-10,12H,5-7H2,1-4H3. The molecule has 0 amide bonds. The fraction of sp³-hybridized carbons (Fsp3) is 0.818. The highest BCUT2D eigenvalue weighted by atomic mass is 32.2. The molecule has 0 bridgehead atoms. The lowest BCUT2D eigenvalue weighted by Crippen LogP contribution is -2.31. The summed E-state index contributed by atoms with van der Waals surface area (Å²) in [7, 11) is 0. The van der Waals surface area contributed by atoms with Gasteiger partial charge in [0.1, 0.15) is 12.2 Å². The molecule has 92 valence electrons. The third-order valence-corrected chi connectivity index (χ3v) is 3.28. The summed E-state index contributed by atoms with van der Waals surface area (Å²) in [6, 6.07) is 0.937. The Morgan fingerprint density at radius 1 is 1.50 bits per heavy atom. The van der Waals surface area contributed by atoms with Gasteiger partial charge in [-0.2, -0.15) is 16.9 Å². The summed E-state index contributed by atoms with van der Waals surface area (Å²) in [5, 5.41) is 7.75. The molecular formula is C11H22N4S. The molecule has 0 spiro atoms. The summed E-state index contributed by atoms with van der Waals surface area (Å²) >= 11 is 1.88. The number of thioether (sulfide) groups is 1. The number of nitrogens with one attached hydrogen (secondary N) is 1. The van der Waals surface area contributed by atoms with Crippen LogP contribution in [0.3, 0.4) is 0 Å². The largest absolute Gasteiger partial charge is 0.306 e. The SMILES string of the molecule is CCC(CSC)NCc1ncnn1C(C)C. The Morgan fingerprint density at radius 3 is 2.81 bits per heavy atom. The van der Waals surface area contributed by atoms with Gasteiger partial charge < -0.3 is 5.32 Å². The monoisotopic (exact) mass is 242 g/mol. The molecule has 5 heteroatoms. The molecule has 0 aliphatic heterocycles. The fourth-order valence-electron chi connectivity index (χ4n) is 1.59. The maximum atomic E-state index is 4.29. The van der Waals surface area contributed by atoms with Crippen molar-refractivity contribution in [2.75, 3.05) is 12.0 Å². The molecule has 0 radical (unpaired) electrons. The number of nitrogens with zero attached hydrogens (tertiary/aromatic N) is 3. The molecular weight excluding hydrogens is 220 g/mol. The predicted molar refractivity (Wildman–Crippen MR) is 69.7 cm³/mol. The minimum absolute atomic E-state index is 0.375. The molecule has 1 unspecified atom stereocenters. The highest BCUT2D eigenvalue weighted by molar-refractivity contribution is 7.98. The van der Waals surface area contributed by atoms with Crippen molar-refractivity contribution in [2.24, 2.45) is 0 Å². The van der Waals surface area contributed by atoms with Gasteiger partial charge in [-0.15, -0.1) is 0 Å². The highest BCUT2D eigenvalue weighted by Gasteiger charge is 2.10. The molecule has 0 fully saturated rings. The minimum atomic E-state index is 0.375. The van der Waals surface area contributed by atoms with E-state index in [0.717, 1.165) is 24.5 Å². The first-order valence-corrected chi connectivity index (χ1v) is 7.19. The van der Waals surface area contributed by atoms with E-state index in [1.54, 1.807) is 6.33 Å². The average Bonchev–Trinajstić information content (AvgIpc) is 2.72. The van der Waals surface area contributed by atoms with Crippen molar-refractivity contribution in [3.8, 4) is 0 Å². The Hall–Kier alpha value is -0.550. The first-order valence-electron chi connectivity index (χ1n) is 5.79. The van der Waals surface area contributed by atoms with Crippen molar-refractivity contribution in [3.05, 3.63) is 12.2 Å². The molecule has 1 atom stereocenters. The van der Waals surface area contributed by atoms with Crippen LogP contribution in [0.4, 0.5) is 0 Å². The van der Waals surface area contributed by atoms with Crippen molar-refractivity contribution >= 4 is 11.8 Å². The van der Waals surface area contributed by atoms with Gasteiger partial charge in [0.2, 0.25) is 0 Å². The Bertz CT molecular complexity index is 298. The van der Waals surface area contributed by atoms with Crippen molar-refractivity contribution in [3.63, 3.8) is 0 Å². The van der Waals surface area contributed by atoms with E-state index in [9.17, 15) is 0 Å². The fourth-order valence-corrected chi connectivity index (χ4v) is 2.35. The van der Waals surface area contributed by atoms with Gasteiger partial charge in [0, 0.05) is 17.8 Å². The first-order chi connectivity index (χ1) is 7.69. The molecule has 1 heterocycles. The molecule has 1 N–H and O–H groups in total. The lowest BCUT2D eigenvalue weighted by molar-refractivity contribution is 0.466. The van der Waals surface area contributed by atoms with Gasteiger partial charge in [-0.25, -0.2) is 9.67 Å². The topological polar surface area (TPSA) is 42.7 Å². The first kappa shape index (κ1) is 13.5. The minimum Gasteiger partial charge on any atom is -0.306 e. The van der Waals surface area contributed by atoms with Gasteiger partial charge in [-0.1, -0.05) is 6.92 Å². The summed E-state index contributed by atoms with van der Waals surface area (Å²) in [4.78, 5) is 4.29. The zero-order chi connectivity index (χ0) is 12.0. The molecule has 0 aliphatic rings. The Balaban J connectivity index is 2.49. The van der Waals surface area contributed by atoms with Gasteiger partial charge in [0.05, 0.1) is 6.54 Å². The van der Waals surface area contributed by atoms with E-state index in [1.807, 2.05) is 16.4 Å². The molecule has 1 aromatic rings. The van der Waals surface area contributed by atoms with Crippen LogP contribution in [0, 0.1) is 0 Å². The van der Waals surface area contributed by atoms with E-state index in [2.05, 4.69) is 42.4 Å². The quantitative estimate of drug-likeness (QED) is 0.795. The third kappa shape index (κ3) is 3.79. The molecule has 0 aliphatic carbocycles. The van der Waals surface area contributed by atoms with Crippen LogP contribution >= 0.6 is 11.8 Å². The number of rotatable bonds is 7. The Labute approximate surface area is 102 Å². The Kier molecular flexibility index (Phi) is 5.84. The summed E-state index contributed by atoms with van der Waals surface area (Å²) in [5.74, 6) is 2.17. The zero-order valence-electron chi connectivity index (χ0n) is 10.6. The lowest BCUT2D eigenvalue weighted by atomic mass is 10.2. The summed E-state index contributed by atoms with van der Waals surface area (Å²) in [5.41, 5.74) is 0. The maximum Gasteiger partial charge on any atom is 0.141 e. The summed E-state index contributed by atoms with van der Waals surface area (Å²) in [6.45, 7) is 7.26. The normalized spacial score (nSPS) is 13.3. The van der Waals surface area contributed by atoms with E-state index in [1.165, 1.54) is 0 Å². The number of hydrogen-bond acceptors (Lipinski definition) is 4. The van der Waals surface area contributed by atoms with Crippen LogP contribution in [0.15, 0.2) is 6.33 Å². The number of hydrogen-bond donors (Lipinski definition) is 1. The van der Waals surface area contributed by atoms with E-state index >= 15 is 0 Å².